The number of amides is 2. The summed E-state index contributed by atoms with van der Waals surface area (Å²) < 4.78 is 0. The number of hydrogen-bond acceptors (Lipinski definition) is 10. The average molecular weight is 591 g/mol. The Bertz CT molecular complexity index is 1670. The number of aromatic hydroxyl groups is 1. The number of carbonyl (C=O) groups is 4. The van der Waals surface area contributed by atoms with E-state index in [0.29, 0.717) is 28.1 Å². The van der Waals surface area contributed by atoms with Crippen LogP contribution in [0.3, 0.4) is 0 Å². The van der Waals surface area contributed by atoms with Crippen molar-refractivity contribution in [2.75, 3.05) is 38.4 Å². The third-order valence-electron chi connectivity index (χ3n) is 8.67. The van der Waals surface area contributed by atoms with Crippen LogP contribution >= 0.6 is 0 Å². The van der Waals surface area contributed by atoms with Gasteiger partial charge in [-0.05, 0) is 62.2 Å². The first-order valence-corrected chi connectivity index (χ1v) is 13.7. The smallest absolute Gasteiger partial charge is 0.255 e. The predicted octanol–water partition coefficient (Wildman–Crippen LogP) is 1.81. The molecule has 226 valence electrons. The van der Waals surface area contributed by atoms with E-state index >= 15 is 0 Å². The summed E-state index contributed by atoms with van der Waals surface area (Å²) >= 11 is 0. The van der Waals surface area contributed by atoms with E-state index in [1.165, 1.54) is 11.8 Å². The van der Waals surface area contributed by atoms with Crippen LogP contribution in [0.4, 0.5) is 11.4 Å². The Morgan fingerprint density at radius 2 is 1.74 bits per heavy atom. The molecule has 5 rings (SSSR count). The third kappa shape index (κ3) is 4.36. The minimum Gasteiger partial charge on any atom is -0.510 e. The molecule has 12 heteroatoms. The van der Waals surface area contributed by atoms with Gasteiger partial charge in [0.1, 0.15) is 22.8 Å². The normalized spacial score (nSPS) is 24.9. The number of hydrogen-bond donors (Lipinski definition) is 6. The summed E-state index contributed by atoms with van der Waals surface area (Å²) in [6, 6.07) is 7.40. The van der Waals surface area contributed by atoms with E-state index in [1.54, 1.807) is 63.4 Å². The SMILES string of the molecule is CC(=O)Nc1cccc(-c2cc(N(C)C)c3c(c2O)C(=O)C2=C(O)[C@]4(O)C(=O)C(C(N)=O)=C(O)[C@@H](N(C)C)[C@@H]4C[C@@H]2C3)c1. The molecule has 0 spiro atoms. The maximum absolute atomic E-state index is 14.2. The molecule has 4 atom stereocenters. The second kappa shape index (κ2) is 10.2. The molecule has 0 bridgehead atoms. The van der Waals surface area contributed by atoms with Crippen molar-refractivity contribution in [2.45, 2.75) is 31.4 Å². The molecule has 0 saturated heterocycles. The first-order chi connectivity index (χ1) is 20.1. The van der Waals surface area contributed by atoms with Gasteiger partial charge in [0.15, 0.2) is 11.4 Å². The molecule has 2 aromatic rings. The Morgan fingerprint density at radius 1 is 1.07 bits per heavy atom. The standard InChI is InChI=1S/C31H34N4O8/c1-13(36)33-16-8-6-7-14(9-16)17-12-20(34(2)3)18-10-15-11-19-24(35(4)5)27(39)23(30(32)42)29(41)31(19,43)28(40)21(15)26(38)22(18)25(17)37/h6-9,12,15,19,24,37,39-40,43H,10-11H2,1-5H3,(H2,32,42)(H,33,36)/t15-,19-,24-,31-/m0/s1. The maximum atomic E-state index is 14.2. The fourth-order valence-electron chi connectivity index (χ4n) is 6.89. The highest BCUT2D eigenvalue weighted by Gasteiger charge is 2.63. The van der Waals surface area contributed by atoms with E-state index in [0.717, 1.165) is 0 Å². The number of fused-ring (bicyclic) bond motifs is 3. The molecular formula is C31H34N4O8. The zero-order chi connectivity index (χ0) is 31.7. The van der Waals surface area contributed by atoms with Gasteiger partial charge in [0, 0.05) is 49.4 Å². The first kappa shape index (κ1) is 29.8. The summed E-state index contributed by atoms with van der Waals surface area (Å²) in [6.45, 7) is 1.37. The number of phenols is 1. The molecule has 0 unspecified atom stereocenters. The fraction of sp³-hybridized carbons (Fsp3) is 0.355. The lowest BCUT2D eigenvalue weighted by atomic mass is 9.58. The van der Waals surface area contributed by atoms with Gasteiger partial charge in [-0.2, -0.15) is 0 Å². The third-order valence-corrected chi connectivity index (χ3v) is 8.67. The number of rotatable bonds is 5. The minimum absolute atomic E-state index is 0.0000944. The Balaban J connectivity index is 1.73. The quantitative estimate of drug-likeness (QED) is 0.280. The predicted molar refractivity (Wildman–Crippen MR) is 158 cm³/mol. The van der Waals surface area contributed by atoms with Gasteiger partial charge in [0.2, 0.25) is 11.7 Å². The number of benzene rings is 2. The number of phenolic OH excluding ortho intramolecular Hbond substituents is 1. The van der Waals surface area contributed by atoms with Gasteiger partial charge in [-0.25, -0.2) is 0 Å². The van der Waals surface area contributed by atoms with Crippen LogP contribution in [0, 0.1) is 11.8 Å². The molecule has 0 radical (unpaired) electrons. The van der Waals surface area contributed by atoms with E-state index in [2.05, 4.69) is 5.32 Å². The lowest BCUT2D eigenvalue weighted by molar-refractivity contribution is -0.148. The molecule has 2 aromatic carbocycles. The highest BCUT2D eigenvalue weighted by Crippen LogP contribution is 2.54. The number of aliphatic hydroxyl groups is 3. The maximum Gasteiger partial charge on any atom is 0.255 e. The lowest BCUT2D eigenvalue weighted by Gasteiger charge is -2.50. The van der Waals surface area contributed by atoms with Gasteiger partial charge in [0.05, 0.1) is 11.6 Å². The molecule has 0 aromatic heterocycles. The van der Waals surface area contributed by atoms with Crippen LogP contribution in [0.25, 0.3) is 11.1 Å². The Hall–Kier alpha value is -4.68. The lowest BCUT2D eigenvalue weighted by Crippen LogP contribution is -2.63. The Morgan fingerprint density at radius 3 is 2.33 bits per heavy atom. The number of allylic oxidation sites excluding steroid dienone is 1. The van der Waals surface area contributed by atoms with Crippen LogP contribution in [0.15, 0.2) is 53.0 Å². The van der Waals surface area contributed by atoms with Crippen LogP contribution in [0.5, 0.6) is 5.75 Å². The van der Waals surface area contributed by atoms with E-state index < -0.39 is 58.0 Å². The molecule has 7 N–H and O–H groups in total. The largest absolute Gasteiger partial charge is 0.510 e. The number of carbonyl (C=O) groups excluding carboxylic acids is 4. The van der Waals surface area contributed by atoms with Gasteiger partial charge in [-0.1, -0.05) is 12.1 Å². The number of anilines is 2. The van der Waals surface area contributed by atoms with Crippen LogP contribution in [-0.2, 0) is 20.8 Å². The number of nitrogens with two attached hydrogens (primary N) is 1. The molecule has 3 aliphatic rings. The number of aliphatic hydroxyl groups excluding tert-OH is 2. The summed E-state index contributed by atoms with van der Waals surface area (Å²) in [5.74, 6) is -7.31. The van der Waals surface area contributed by atoms with Gasteiger partial charge < -0.3 is 36.4 Å². The molecule has 3 aliphatic carbocycles. The van der Waals surface area contributed by atoms with Crippen LogP contribution < -0.4 is 16.0 Å². The number of ketones is 2. The van der Waals surface area contributed by atoms with Gasteiger partial charge in [-0.15, -0.1) is 0 Å². The summed E-state index contributed by atoms with van der Waals surface area (Å²) in [6.07, 6.45) is 0.168. The molecule has 43 heavy (non-hydrogen) atoms. The highest BCUT2D eigenvalue weighted by atomic mass is 16.3. The summed E-state index contributed by atoms with van der Waals surface area (Å²) in [5.41, 5.74) is 3.93. The second-order valence-corrected chi connectivity index (χ2v) is 11.8. The van der Waals surface area contributed by atoms with Crippen molar-refractivity contribution in [2.24, 2.45) is 17.6 Å². The molecule has 0 heterocycles. The van der Waals surface area contributed by atoms with Gasteiger partial charge in [-0.3, -0.25) is 24.1 Å². The molecule has 0 fully saturated rings. The monoisotopic (exact) mass is 590 g/mol. The number of nitrogens with one attached hydrogen (secondary N) is 1. The van der Waals surface area contributed by atoms with Gasteiger partial charge >= 0.3 is 0 Å². The Kier molecular flexibility index (Phi) is 7.10. The number of Topliss-reactive ketones (excluding diaryl/α,β-unsaturated/α-hetero) is 2. The van der Waals surface area contributed by atoms with E-state index in [-0.39, 0.29) is 35.6 Å². The van der Waals surface area contributed by atoms with Crippen LogP contribution in [0.1, 0.15) is 29.3 Å². The number of primary amides is 1. The average Bonchev–Trinajstić information content (AvgIpc) is 2.90. The van der Waals surface area contributed by atoms with E-state index in [9.17, 15) is 39.6 Å². The molecule has 0 saturated carbocycles. The van der Waals surface area contributed by atoms with Crippen LogP contribution in [0.2, 0.25) is 0 Å². The van der Waals surface area contributed by atoms with Crippen molar-refractivity contribution in [1.82, 2.24) is 4.90 Å². The molecule has 12 nitrogen and oxygen atoms in total. The molecule has 0 aliphatic heterocycles. The first-order valence-electron chi connectivity index (χ1n) is 13.7. The molecule has 2 amide bonds. The Labute approximate surface area is 247 Å². The van der Waals surface area contributed by atoms with Crippen molar-refractivity contribution in [3.63, 3.8) is 0 Å². The summed E-state index contributed by atoms with van der Waals surface area (Å²) in [5, 5.41) is 48.6. The van der Waals surface area contributed by atoms with Crippen LogP contribution in [-0.4, -0.2) is 88.5 Å². The number of nitrogens with zero attached hydrogens (tertiary/aromatic N) is 2. The molecular weight excluding hydrogens is 556 g/mol. The summed E-state index contributed by atoms with van der Waals surface area (Å²) in [4.78, 5) is 54.9. The fourth-order valence-corrected chi connectivity index (χ4v) is 6.89. The topological polar surface area (TPSA) is 194 Å². The van der Waals surface area contributed by atoms with Crippen molar-refractivity contribution in [3.8, 4) is 16.9 Å². The van der Waals surface area contributed by atoms with E-state index in [4.69, 9.17) is 5.73 Å². The zero-order valence-electron chi connectivity index (χ0n) is 24.4. The van der Waals surface area contributed by atoms with Crippen molar-refractivity contribution < 1.29 is 39.6 Å². The van der Waals surface area contributed by atoms with Gasteiger partial charge in [0.25, 0.3) is 5.91 Å². The zero-order valence-corrected chi connectivity index (χ0v) is 24.4. The highest BCUT2D eigenvalue weighted by molar-refractivity contribution is 6.25. The number of likely N-dealkylation sites (N-methyl/N-ethyl adjacent to an activating group) is 1. The summed E-state index contributed by atoms with van der Waals surface area (Å²) in [7, 11) is 6.73. The second-order valence-electron chi connectivity index (χ2n) is 11.8. The van der Waals surface area contributed by atoms with Crippen molar-refractivity contribution in [1.29, 1.82) is 0 Å². The van der Waals surface area contributed by atoms with E-state index in [1.807, 2.05) is 0 Å². The minimum atomic E-state index is -2.71. The van der Waals surface area contributed by atoms with Crippen molar-refractivity contribution in [3.05, 3.63) is 64.1 Å². The van der Waals surface area contributed by atoms with Crippen molar-refractivity contribution >= 4 is 34.8 Å².